The third-order valence-corrected chi connectivity index (χ3v) is 4.00. The highest BCUT2D eigenvalue weighted by Gasteiger charge is 2.03. The highest BCUT2D eigenvalue weighted by atomic mass is 127. The molecule has 17 heavy (non-hydrogen) atoms. The first-order valence-corrected chi connectivity index (χ1v) is 7.52. The van der Waals surface area contributed by atoms with E-state index in [0.29, 0.717) is 11.0 Å². The molecule has 1 aromatic heterocycles. The fourth-order valence-electron chi connectivity index (χ4n) is 1.47. The van der Waals surface area contributed by atoms with Crippen molar-refractivity contribution in [2.75, 3.05) is 0 Å². The summed E-state index contributed by atoms with van der Waals surface area (Å²) in [4.78, 5) is 11.9. The van der Waals surface area contributed by atoms with Crippen LogP contribution in [0.5, 0.6) is 0 Å². The van der Waals surface area contributed by atoms with Crippen molar-refractivity contribution in [2.45, 2.75) is 6.54 Å². The third-order valence-electron chi connectivity index (χ3n) is 2.28. The van der Waals surface area contributed by atoms with Crippen molar-refractivity contribution in [1.29, 1.82) is 0 Å². The average Bonchev–Trinajstić information content (AvgIpc) is 2.28. The quantitative estimate of drug-likeness (QED) is 0.610. The minimum absolute atomic E-state index is 0.0215. The Morgan fingerprint density at radius 2 is 1.82 bits per heavy atom. The normalized spacial score (nSPS) is 10.5. The van der Waals surface area contributed by atoms with Crippen LogP contribution in [0.2, 0.25) is 0 Å². The van der Waals surface area contributed by atoms with Crippen molar-refractivity contribution in [2.24, 2.45) is 0 Å². The summed E-state index contributed by atoms with van der Waals surface area (Å²) in [6.07, 6.45) is 1.80. The molecule has 1 heterocycles. The molecule has 88 valence electrons. The monoisotopic (exact) mass is 467 g/mol. The van der Waals surface area contributed by atoms with E-state index in [-0.39, 0.29) is 5.56 Å². The molecule has 0 aliphatic carbocycles. The van der Waals surface area contributed by atoms with Crippen LogP contribution in [-0.4, -0.2) is 4.57 Å². The lowest BCUT2D eigenvalue weighted by molar-refractivity contribution is 0.751. The zero-order valence-electron chi connectivity index (χ0n) is 8.66. The van der Waals surface area contributed by atoms with E-state index in [1.54, 1.807) is 16.8 Å². The molecular formula is C12H8Br2INO. The molecule has 1 aromatic carbocycles. The molecule has 0 N–H and O–H groups in total. The molecule has 0 amide bonds. The fraction of sp³-hybridized carbons (Fsp3) is 0.0833. The molecule has 2 nitrogen and oxygen atoms in total. The Morgan fingerprint density at radius 3 is 2.47 bits per heavy atom. The van der Waals surface area contributed by atoms with Crippen molar-refractivity contribution in [3.8, 4) is 0 Å². The minimum Gasteiger partial charge on any atom is -0.309 e. The van der Waals surface area contributed by atoms with Crippen LogP contribution in [0.1, 0.15) is 5.56 Å². The van der Waals surface area contributed by atoms with E-state index in [2.05, 4.69) is 54.5 Å². The van der Waals surface area contributed by atoms with Gasteiger partial charge in [-0.2, -0.15) is 0 Å². The minimum atomic E-state index is -0.0215. The van der Waals surface area contributed by atoms with Crippen LogP contribution in [0.25, 0.3) is 0 Å². The van der Waals surface area contributed by atoms with Gasteiger partial charge in [0.1, 0.15) is 0 Å². The van der Waals surface area contributed by atoms with Gasteiger partial charge >= 0.3 is 0 Å². The van der Waals surface area contributed by atoms with Crippen molar-refractivity contribution >= 4 is 54.5 Å². The summed E-state index contributed by atoms with van der Waals surface area (Å²) in [5, 5.41) is 0. The van der Waals surface area contributed by atoms with Crippen LogP contribution in [-0.2, 0) is 6.54 Å². The van der Waals surface area contributed by atoms with Gasteiger partial charge in [-0.15, -0.1) is 0 Å². The van der Waals surface area contributed by atoms with Gasteiger partial charge in [-0.3, -0.25) is 4.79 Å². The number of halogens is 3. The van der Waals surface area contributed by atoms with E-state index in [9.17, 15) is 4.79 Å². The highest BCUT2D eigenvalue weighted by molar-refractivity contribution is 14.1. The van der Waals surface area contributed by atoms with Crippen LogP contribution >= 0.6 is 54.5 Å². The number of aromatic nitrogens is 1. The predicted molar refractivity (Wildman–Crippen MR) is 84.4 cm³/mol. The van der Waals surface area contributed by atoms with Gasteiger partial charge in [-0.25, -0.2) is 0 Å². The summed E-state index contributed by atoms with van der Waals surface area (Å²) in [6, 6.07) is 9.89. The number of nitrogens with zero attached hydrogens (tertiary/aromatic N) is 1. The second-order valence-corrected chi connectivity index (χ2v) is 6.58. The van der Waals surface area contributed by atoms with Gasteiger partial charge in [-0.05, 0) is 78.2 Å². The maximum Gasteiger partial charge on any atom is 0.265 e. The van der Waals surface area contributed by atoms with Crippen LogP contribution in [0.3, 0.4) is 0 Å². The molecule has 0 saturated heterocycles. The smallest absolute Gasteiger partial charge is 0.265 e. The Morgan fingerprint density at radius 1 is 1.18 bits per heavy atom. The summed E-state index contributed by atoms with van der Waals surface area (Å²) < 4.78 is 4.32. The average molecular weight is 469 g/mol. The van der Waals surface area contributed by atoms with E-state index >= 15 is 0 Å². The number of hydrogen-bond donors (Lipinski definition) is 0. The number of benzene rings is 1. The molecule has 2 rings (SSSR count). The maximum absolute atomic E-state index is 11.9. The number of pyridine rings is 1. The van der Waals surface area contributed by atoms with Crippen LogP contribution in [0.4, 0.5) is 0 Å². The van der Waals surface area contributed by atoms with Gasteiger partial charge in [0.15, 0.2) is 0 Å². The largest absolute Gasteiger partial charge is 0.309 e. The van der Waals surface area contributed by atoms with Gasteiger partial charge in [0.25, 0.3) is 5.56 Å². The van der Waals surface area contributed by atoms with E-state index in [1.165, 1.54) is 3.57 Å². The predicted octanol–water partition coefficient (Wildman–Crippen LogP) is 4.03. The molecule has 2 aromatic rings. The van der Waals surface area contributed by atoms with Gasteiger partial charge in [-0.1, -0.05) is 12.1 Å². The molecule has 0 unspecified atom stereocenters. The van der Waals surface area contributed by atoms with Crippen LogP contribution in [0, 0.1) is 3.57 Å². The fourth-order valence-corrected chi connectivity index (χ4v) is 3.09. The van der Waals surface area contributed by atoms with Gasteiger partial charge in [0.05, 0.1) is 11.0 Å². The maximum atomic E-state index is 11.9. The second-order valence-electron chi connectivity index (χ2n) is 3.57. The molecule has 0 fully saturated rings. The van der Waals surface area contributed by atoms with Crippen molar-refractivity contribution < 1.29 is 0 Å². The van der Waals surface area contributed by atoms with E-state index in [1.807, 2.05) is 24.3 Å². The zero-order chi connectivity index (χ0) is 12.4. The Bertz CT molecular complexity index is 592. The standard InChI is InChI=1S/C12H8Br2INO/c13-9-5-11(14)12(17)16(7-9)6-8-1-3-10(15)4-2-8/h1-5,7H,6H2. The first-order chi connectivity index (χ1) is 8.06. The van der Waals surface area contributed by atoms with E-state index < -0.39 is 0 Å². The summed E-state index contributed by atoms with van der Waals surface area (Å²) in [7, 11) is 0. The Kier molecular flexibility index (Phi) is 4.43. The molecule has 0 bridgehead atoms. The molecule has 0 radical (unpaired) electrons. The van der Waals surface area contributed by atoms with Crippen molar-refractivity contribution in [1.82, 2.24) is 4.57 Å². The highest BCUT2D eigenvalue weighted by Crippen LogP contribution is 2.14. The molecule has 5 heteroatoms. The summed E-state index contributed by atoms with van der Waals surface area (Å²) in [6.45, 7) is 0.577. The lowest BCUT2D eigenvalue weighted by Crippen LogP contribution is -2.20. The molecular weight excluding hydrogens is 461 g/mol. The summed E-state index contributed by atoms with van der Waals surface area (Å²) >= 11 is 8.90. The van der Waals surface area contributed by atoms with Gasteiger partial charge in [0.2, 0.25) is 0 Å². The molecule has 0 aliphatic rings. The van der Waals surface area contributed by atoms with E-state index in [0.717, 1.165) is 10.0 Å². The van der Waals surface area contributed by atoms with Crippen LogP contribution in [0.15, 0.2) is 50.3 Å². The van der Waals surface area contributed by atoms with E-state index in [4.69, 9.17) is 0 Å². The molecule has 0 saturated carbocycles. The van der Waals surface area contributed by atoms with Crippen molar-refractivity contribution in [3.63, 3.8) is 0 Å². The van der Waals surface area contributed by atoms with Gasteiger partial charge < -0.3 is 4.57 Å². The molecule has 0 aliphatic heterocycles. The van der Waals surface area contributed by atoms with Crippen molar-refractivity contribution in [3.05, 3.63) is 65.0 Å². The zero-order valence-corrected chi connectivity index (χ0v) is 14.0. The molecule has 0 atom stereocenters. The first-order valence-electron chi connectivity index (χ1n) is 4.86. The first kappa shape index (κ1) is 13.3. The Balaban J connectivity index is 2.36. The lowest BCUT2D eigenvalue weighted by atomic mass is 10.2. The second kappa shape index (κ2) is 5.67. The lowest BCUT2D eigenvalue weighted by Gasteiger charge is -2.07. The topological polar surface area (TPSA) is 22.0 Å². The SMILES string of the molecule is O=c1c(Br)cc(Br)cn1Cc1ccc(I)cc1. The van der Waals surface area contributed by atoms with Crippen LogP contribution < -0.4 is 5.56 Å². The van der Waals surface area contributed by atoms with Gasteiger partial charge in [0, 0.05) is 14.2 Å². The summed E-state index contributed by atoms with van der Waals surface area (Å²) in [5.41, 5.74) is 1.09. The Hall–Kier alpha value is -0.140. The summed E-state index contributed by atoms with van der Waals surface area (Å²) in [5.74, 6) is 0. The molecule has 0 spiro atoms. The number of hydrogen-bond acceptors (Lipinski definition) is 1. The Labute approximate surface area is 129 Å². The third kappa shape index (κ3) is 3.42. The number of rotatable bonds is 2.